The minimum absolute atomic E-state index is 0.170. The molecule has 6 nitrogen and oxygen atoms in total. The van der Waals surface area contributed by atoms with Crippen LogP contribution in [-0.4, -0.2) is 21.8 Å². The lowest BCUT2D eigenvalue weighted by atomic mass is 10.2. The molecule has 2 heterocycles. The van der Waals surface area contributed by atoms with Gasteiger partial charge >= 0.3 is 0 Å². The molecule has 2 aromatic carbocycles. The predicted octanol–water partition coefficient (Wildman–Crippen LogP) is 4.64. The van der Waals surface area contributed by atoms with Gasteiger partial charge in [0.2, 0.25) is 5.91 Å². The van der Waals surface area contributed by atoms with Crippen LogP contribution in [0.2, 0.25) is 5.02 Å². The zero-order valence-corrected chi connectivity index (χ0v) is 15.2. The largest absolute Gasteiger partial charge is 0.351 e. The second-order valence-electron chi connectivity index (χ2n) is 5.75. The number of amides is 2. The number of aromatic amines is 1. The van der Waals surface area contributed by atoms with Gasteiger partial charge in [-0.05, 0) is 42.5 Å². The molecule has 4 aromatic rings. The minimum atomic E-state index is -0.247. The van der Waals surface area contributed by atoms with Gasteiger partial charge in [0.05, 0.1) is 10.2 Å². The third-order valence-electron chi connectivity index (χ3n) is 3.76. The van der Waals surface area contributed by atoms with Gasteiger partial charge in [-0.1, -0.05) is 22.9 Å². The van der Waals surface area contributed by atoms with Crippen LogP contribution in [0.5, 0.6) is 0 Å². The maximum absolute atomic E-state index is 12.5. The van der Waals surface area contributed by atoms with Crippen LogP contribution in [0, 0.1) is 0 Å². The number of H-pyrrole nitrogens is 1. The summed E-state index contributed by atoms with van der Waals surface area (Å²) in [7, 11) is 0. The van der Waals surface area contributed by atoms with E-state index in [2.05, 4.69) is 20.6 Å². The van der Waals surface area contributed by atoms with E-state index in [0.29, 0.717) is 21.5 Å². The minimum Gasteiger partial charge on any atom is -0.351 e. The Morgan fingerprint density at radius 1 is 1.12 bits per heavy atom. The average molecular weight is 385 g/mol. The number of thiazole rings is 1. The molecule has 26 heavy (non-hydrogen) atoms. The SMILES string of the molecule is CC(=O)Nc1nc2ccc(NC(=O)c3cc4cc(Cl)ccc4[nH]3)cc2s1. The van der Waals surface area contributed by atoms with E-state index in [1.807, 2.05) is 12.1 Å². The molecule has 130 valence electrons. The number of carbonyl (C=O) groups excluding carboxylic acids is 2. The van der Waals surface area contributed by atoms with Crippen LogP contribution in [0.4, 0.5) is 10.8 Å². The quantitative estimate of drug-likeness (QED) is 0.480. The highest BCUT2D eigenvalue weighted by Gasteiger charge is 2.12. The van der Waals surface area contributed by atoms with Gasteiger partial charge in [0.15, 0.2) is 5.13 Å². The van der Waals surface area contributed by atoms with E-state index in [-0.39, 0.29) is 11.8 Å². The van der Waals surface area contributed by atoms with E-state index in [0.717, 1.165) is 21.1 Å². The lowest BCUT2D eigenvalue weighted by molar-refractivity contribution is -0.114. The first-order valence-electron chi connectivity index (χ1n) is 7.76. The zero-order valence-electron chi connectivity index (χ0n) is 13.6. The molecule has 4 rings (SSSR count). The van der Waals surface area contributed by atoms with Crippen molar-refractivity contribution in [2.75, 3.05) is 10.6 Å². The molecule has 2 amide bonds. The Hall–Kier alpha value is -2.90. The summed E-state index contributed by atoms with van der Waals surface area (Å²) in [5.41, 5.74) is 2.71. The fourth-order valence-corrected chi connectivity index (χ4v) is 3.76. The maximum atomic E-state index is 12.5. The van der Waals surface area contributed by atoms with Gasteiger partial charge in [0.1, 0.15) is 5.69 Å². The van der Waals surface area contributed by atoms with E-state index in [4.69, 9.17) is 11.6 Å². The smallest absolute Gasteiger partial charge is 0.272 e. The van der Waals surface area contributed by atoms with Gasteiger partial charge in [-0.15, -0.1) is 0 Å². The van der Waals surface area contributed by atoms with Crippen molar-refractivity contribution in [3.05, 3.63) is 53.2 Å². The molecule has 0 unspecified atom stereocenters. The second kappa shape index (κ2) is 6.44. The molecule has 0 aliphatic carbocycles. The van der Waals surface area contributed by atoms with Gasteiger partial charge in [0.25, 0.3) is 5.91 Å². The van der Waals surface area contributed by atoms with Crippen molar-refractivity contribution in [3.63, 3.8) is 0 Å². The number of rotatable bonds is 3. The number of anilines is 2. The molecule has 0 radical (unpaired) electrons. The Labute approximate surface area is 157 Å². The molecule has 2 aromatic heterocycles. The molecule has 8 heteroatoms. The number of hydrogen-bond donors (Lipinski definition) is 3. The molecule has 0 saturated heterocycles. The van der Waals surface area contributed by atoms with Crippen molar-refractivity contribution in [1.82, 2.24) is 9.97 Å². The first-order valence-corrected chi connectivity index (χ1v) is 8.95. The Bertz CT molecular complexity index is 1160. The Morgan fingerprint density at radius 3 is 2.77 bits per heavy atom. The van der Waals surface area contributed by atoms with Crippen LogP contribution < -0.4 is 10.6 Å². The predicted molar refractivity (Wildman–Crippen MR) is 105 cm³/mol. The summed E-state index contributed by atoms with van der Waals surface area (Å²) in [5, 5.41) is 7.56. The first-order chi connectivity index (χ1) is 12.5. The standard InChI is InChI=1S/C18H13ClN4O2S/c1-9(24)20-18-23-14-5-3-12(8-16(14)26-18)21-17(25)15-7-10-6-11(19)2-4-13(10)22-15/h2-8,22H,1H3,(H,21,25)(H,20,23,24). The molecular weight excluding hydrogens is 372 g/mol. The van der Waals surface area contributed by atoms with E-state index >= 15 is 0 Å². The third-order valence-corrected chi connectivity index (χ3v) is 4.93. The lowest BCUT2D eigenvalue weighted by Gasteiger charge is -2.03. The Morgan fingerprint density at radius 2 is 1.96 bits per heavy atom. The monoisotopic (exact) mass is 384 g/mol. The van der Waals surface area contributed by atoms with Crippen LogP contribution in [0.1, 0.15) is 17.4 Å². The van der Waals surface area contributed by atoms with Gasteiger partial charge in [0, 0.05) is 28.5 Å². The number of aromatic nitrogens is 2. The number of fused-ring (bicyclic) bond motifs is 2. The molecule has 0 bridgehead atoms. The summed E-state index contributed by atoms with van der Waals surface area (Å²) >= 11 is 7.33. The Balaban J connectivity index is 1.58. The zero-order chi connectivity index (χ0) is 18.3. The van der Waals surface area contributed by atoms with Gasteiger partial charge in [-0.2, -0.15) is 0 Å². The third kappa shape index (κ3) is 3.26. The molecule has 0 aliphatic rings. The van der Waals surface area contributed by atoms with Crippen molar-refractivity contribution in [3.8, 4) is 0 Å². The topological polar surface area (TPSA) is 86.9 Å². The number of hydrogen-bond acceptors (Lipinski definition) is 4. The van der Waals surface area contributed by atoms with Crippen LogP contribution >= 0.6 is 22.9 Å². The highest BCUT2D eigenvalue weighted by molar-refractivity contribution is 7.22. The highest BCUT2D eigenvalue weighted by Crippen LogP contribution is 2.28. The number of nitrogens with one attached hydrogen (secondary N) is 3. The molecule has 0 aliphatic heterocycles. The van der Waals surface area contributed by atoms with E-state index < -0.39 is 0 Å². The lowest BCUT2D eigenvalue weighted by Crippen LogP contribution is -2.11. The number of nitrogens with zero attached hydrogens (tertiary/aromatic N) is 1. The normalized spacial score (nSPS) is 11.0. The first kappa shape index (κ1) is 16.6. The van der Waals surface area contributed by atoms with Crippen LogP contribution in [0.25, 0.3) is 21.1 Å². The summed E-state index contributed by atoms with van der Waals surface area (Å²) in [6.07, 6.45) is 0. The number of halogens is 1. The maximum Gasteiger partial charge on any atom is 0.272 e. The summed E-state index contributed by atoms with van der Waals surface area (Å²) in [4.78, 5) is 31.1. The fraction of sp³-hybridized carbons (Fsp3) is 0.0556. The molecule has 0 atom stereocenters. The summed E-state index contributed by atoms with van der Waals surface area (Å²) < 4.78 is 0.870. The van der Waals surface area contributed by atoms with Crippen molar-refractivity contribution >= 4 is 66.7 Å². The van der Waals surface area contributed by atoms with E-state index in [9.17, 15) is 9.59 Å². The molecular formula is C18H13ClN4O2S. The van der Waals surface area contributed by atoms with Crippen molar-refractivity contribution < 1.29 is 9.59 Å². The fourth-order valence-electron chi connectivity index (χ4n) is 2.63. The van der Waals surface area contributed by atoms with Gasteiger partial charge < -0.3 is 15.6 Å². The summed E-state index contributed by atoms with van der Waals surface area (Å²) in [6.45, 7) is 1.44. The number of benzene rings is 2. The van der Waals surface area contributed by atoms with Crippen LogP contribution in [0.15, 0.2) is 42.5 Å². The average Bonchev–Trinajstić information content (AvgIpc) is 3.16. The Kier molecular flexibility index (Phi) is 4.10. The summed E-state index contributed by atoms with van der Waals surface area (Å²) in [6, 6.07) is 12.6. The van der Waals surface area contributed by atoms with Gasteiger partial charge in [-0.3, -0.25) is 9.59 Å². The highest BCUT2D eigenvalue weighted by atomic mass is 35.5. The van der Waals surface area contributed by atoms with Crippen LogP contribution in [-0.2, 0) is 4.79 Å². The molecule has 0 fully saturated rings. The summed E-state index contributed by atoms with van der Waals surface area (Å²) in [5.74, 6) is -0.417. The van der Waals surface area contributed by atoms with Crippen molar-refractivity contribution in [1.29, 1.82) is 0 Å². The van der Waals surface area contributed by atoms with Gasteiger partial charge in [-0.25, -0.2) is 4.98 Å². The molecule has 0 spiro atoms. The van der Waals surface area contributed by atoms with Crippen LogP contribution in [0.3, 0.4) is 0 Å². The number of carbonyl (C=O) groups is 2. The van der Waals surface area contributed by atoms with Crippen molar-refractivity contribution in [2.24, 2.45) is 0 Å². The van der Waals surface area contributed by atoms with Crippen molar-refractivity contribution in [2.45, 2.75) is 6.92 Å². The molecule has 0 saturated carbocycles. The molecule has 3 N–H and O–H groups in total. The van der Waals surface area contributed by atoms with E-state index in [1.165, 1.54) is 18.3 Å². The second-order valence-corrected chi connectivity index (χ2v) is 7.22. The van der Waals surface area contributed by atoms with E-state index in [1.54, 1.807) is 30.3 Å².